The molecule has 3 N–H and O–H groups in total. The highest BCUT2D eigenvalue weighted by Crippen LogP contribution is 2.46. The number of hydrogen-bond acceptors (Lipinski definition) is 3. The van der Waals surface area contributed by atoms with Gasteiger partial charge >= 0.3 is 0 Å². The lowest BCUT2D eigenvalue weighted by Crippen LogP contribution is -2.65. The van der Waals surface area contributed by atoms with E-state index in [1.807, 2.05) is 0 Å². The van der Waals surface area contributed by atoms with Crippen molar-refractivity contribution >= 4 is 0 Å². The zero-order valence-corrected chi connectivity index (χ0v) is 11.5. The highest BCUT2D eigenvalue weighted by Gasteiger charge is 2.47. The van der Waals surface area contributed by atoms with Gasteiger partial charge in [-0.1, -0.05) is 12.8 Å². The first-order valence-electron chi connectivity index (χ1n) is 7.29. The molecule has 2 aliphatic carbocycles. The van der Waals surface area contributed by atoms with Crippen LogP contribution in [0.1, 0.15) is 38.5 Å². The van der Waals surface area contributed by atoms with Gasteiger partial charge in [-0.2, -0.15) is 0 Å². The summed E-state index contributed by atoms with van der Waals surface area (Å²) in [4.78, 5) is 2.25. The third-order valence-electron chi connectivity index (χ3n) is 5.02. The Balaban J connectivity index is 1.94. The molecule has 3 heteroatoms. The Labute approximate surface area is 106 Å². The van der Waals surface area contributed by atoms with Gasteiger partial charge in [-0.15, -0.1) is 0 Å². The van der Waals surface area contributed by atoms with Crippen LogP contribution in [0.4, 0.5) is 0 Å². The van der Waals surface area contributed by atoms with E-state index in [0.29, 0.717) is 0 Å². The van der Waals surface area contributed by atoms with Crippen molar-refractivity contribution < 1.29 is 0 Å². The molecule has 2 rings (SSSR count). The molecule has 17 heavy (non-hydrogen) atoms. The van der Waals surface area contributed by atoms with E-state index in [2.05, 4.69) is 24.3 Å². The predicted octanol–water partition coefficient (Wildman–Crippen LogP) is 1.44. The maximum atomic E-state index is 6.17. The van der Waals surface area contributed by atoms with Crippen molar-refractivity contribution in [3.8, 4) is 0 Å². The van der Waals surface area contributed by atoms with Crippen LogP contribution in [0.3, 0.4) is 0 Å². The first kappa shape index (κ1) is 13.3. The van der Waals surface area contributed by atoms with Gasteiger partial charge in [0.2, 0.25) is 0 Å². The van der Waals surface area contributed by atoms with E-state index in [1.54, 1.807) is 0 Å². The fourth-order valence-corrected chi connectivity index (χ4v) is 3.39. The molecular formula is C14H29N3. The average molecular weight is 239 g/mol. The topological polar surface area (TPSA) is 41.3 Å². The van der Waals surface area contributed by atoms with Crippen molar-refractivity contribution in [2.24, 2.45) is 17.6 Å². The van der Waals surface area contributed by atoms with Gasteiger partial charge in [0.05, 0.1) is 0 Å². The quantitative estimate of drug-likeness (QED) is 0.706. The van der Waals surface area contributed by atoms with Crippen molar-refractivity contribution in [2.75, 3.05) is 33.7 Å². The van der Waals surface area contributed by atoms with Crippen LogP contribution in [0.25, 0.3) is 0 Å². The fraction of sp³-hybridized carbons (Fsp3) is 1.00. The summed E-state index contributed by atoms with van der Waals surface area (Å²) in [5.41, 5.74) is 6.44. The molecule has 0 saturated heterocycles. The zero-order chi connectivity index (χ0) is 12.3. The molecule has 0 atom stereocenters. The second kappa shape index (κ2) is 5.68. The Morgan fingerprint density at radius 2 is 1.65 bits per heavy atom. The van der Waals surface area contributed by atoms with Crippen molar-refractivity contribution in [3.05, 3.63) is 0 Å². The highest BCUT2D eigenvalue weighted by atomic mass is 15.1. The Bertz CT molecular complexity index is 218. The van der Waals surface area contributed by atoms with E-state index in [-0.39, 0.29) is 5.54 Å². The summed E-state index contributed by atoms with van der Waals surface area (Å²) in [7, 11) is 4.27. The molecule has 0 aliphatic heterocycles. The Morgan fingerprint density at radius 3 is 1.94 bits per heavy atom. The van der Waals surface area contributed by atoms with Crippen LogP contribution in [-0.4, -0.2) is 44.2 Å². The summed E-state index contributed by atoms with van der Waals surface area (Å²) in [6.45, 7) is 3.02. The molecule has 2 aliphatic rings. The molecule has 0 unspecified atom stereocenters. The third-order valence-corrected chi connectivity index (χ3v) is 5.02. The minimum absolute atomic E-state index is 0.270. The monoisotopic (exact) mass is 239 g/mol. The molecular weight excluding hydrogens is 210 g/mol. The van der Waals surface area contributed by atoms with E-state index in [1.165, 1.54) is 38.5 Å². The first-order valence-corrected chi connectivity index (χ1v) is 7.29. The zero-order valence-electron chi connectivity index (χ0n) is 11.5. The van der Waals surface area contributed by atoms with Crippen molar-refractivity contribution in [2.45, 2.75) is 44.1 Å². The lowest BCUT2D eigenvalue weighted by atomic mass is 9.59. The van der Waals surface area contributed by atoms with E-state index < -0.39 is 0 Å². The molecule has 2 saturated carbocycles. The third kappa shape index (κ3) is 2.67. The summed E-state index contributed by atoms with van der Waals surface area (Å²) in [6, 6.07) is 0. The standard InChI is InChI=1S/C14H29N3/c1-17(2)10-9-16-14(11-15,12-5-3-6-12)13-7-4-8-13/h12-13,16H,3-11,15H2,1-2H3. The molecule has 0 aromatic rings. The average Bonchev–Trinajstić information content (AvgIpc) is 2.10. The van der Waals surface area contributed by atoms with Crippen LogP contribution < -0.4 is 11.1 Å². The molecule has 0 radical (unpaired) electrons. The summed E-state index contributed by atoms with van der Waals surface area (Å²) in [5, 5.41) is 3.85. The largest absolute Gasteiger partial charge is 0.329 e. The molecule has 100 valence electrons. The van der Waals surface area contributed by atoms with Gasteiger partial charge < -0.3 is 16.0 Å². The second-order valence-corrected chi connectivity index (χ2v) is 6.23. The summed E-state index contributed by atoms with van der Waals surface area (Å²) in [6.07, 6.45) is 8.39. The van der Waals surface area contributed by atoms with Crippen LogP contribution >= 0.6 is 0 Å². The van der Waals surface area contributed by atoms with Crippen LogP contribution in [0.5, 0.6) is 0 Å². The Hall–Kier alpha value is -0.120. The first-order chi connectivity index (χ1) is 8.19. The predicted molar refractivity (Wildman–Crippen MR) is 73.0 cm³/mol. The molecule has 0 bridgehead atoms. The van der Waals surface area contributed by atoms with Crippen LogP contribution in [0.15, 0.2) is 0 Å². The molecule has 0 spiro atoms. The summed E-state index contributed by atoms with van der Waals surface area (Å²) in [5.74, 6) is 1.69. The van der Waals surface area contributed by atoms with Crippen molar-refractivity contribution in [1.29, 1.82) is 0 Å². The Kier molecular flexibility index (Phi) is 4.45. The highest BCUT2D eigenvalue weighted by molar-refractivity contribution is 5.05. The van der Waals surface area contributed by atoms with Crippen LogP contribution in [0, 0.1) is 11.8 Å². The minimum atomic E-state index is 0.270. The van der Waals surface area contributed by atoms with Gasteiger partial charge in [-0.3, -0.25) is 0 Å². The van der Waals surface area contributed by atoms with Crippen molar-refractivity contribution in [1.82, 2.24) is 10.2 Å². The number of nitrogens with two attached hydrogens (primary N) is 1. The lowest BCUT2D eigenvalue weighted by molar-refractivity contribution is 0.0319. The maximum absolute atomic E-state index is 6.17. The number of nitrogens with zero attached hydrogens (tertiary/aromatic N) is 1. The Morgan fingerprint density at radius 1 is 1.12 bits per heavy atom. The van der Waals surface area contributed by atoms with Gasteiger partial charge in [0.25, 0.3) is 0 Å². The van der Waals surface area contributed by atoms with E-state index in [4.69, 9.17) is 5.73 Å². The van der Waals surface area contributed by atoms with Crippen LogP contribution in [0.2, 0.25) is 0 Å². The number of nitrogens with one attached hydrogen (secondary N) is 1. The minimum Gasteiger partial charge on any atom is -0.329 e. The summed E-state index contributed by atoms with van der Waals surface area (Å²) >= 11 is 0. The second-order valence-electron chi connectivity index (χ2n) is 6.23. The summed E-state index contributed by atoms with van der Waals surface area (Å²) < 4.78 is 0. The molecule has 0 amide bonds. The van der Waals surface area contributed by atoms with E-state index in [9.17, 15) is 0 Å². The van der Waals surface area contributed by atoms with Gasteiger partial charge in [0.1, 0.15) is 0 Å². The van der Waals surface area contributed by atoms with E-state index in [0.717, 1.165) is 31.5 Å². The smallest absolute Gasteiger partial charge is 0.0361 e. The van der Waals surface area contributed by atoms with Gasteiger partial charge in [-0.25, -0.2) is 0 Å². The lowest BCUT2D eigenvalue weighted by Gasteiger charge is -2.53. The number of rotatable bonds is 7. The van der Waals surface area contributed by atoms with Gasteiger partial charge in [-0.05, 0) is 51.6 Å². The normalized spacial score (nSPS) is 22.6. The molecule has 2 fully saturated rings. The molecule has 3 nitrogen and oxygen atoms in total. The number of hydrogen-bond donors (Lipinski definition) is 2. The number of likely N-dealkylation sites (N-methyl/N-ethyl adjacent to an activating group) is 1. The molecule has 0 heterocycles. The SMILES string of the molecule is CN(C)CCNC(CN)(C1CCC1)C1CCC1. The van der Waals surface area contributed by atoms with E-state index >= 15 is 0 Å². The van der Waals surface area contributed by atoms with Gasteiger partial charge in [0, 0.05) is 25.2 Å². The molecule has 0 aromatic carbocycles. The van der Waals surface area contributed by atoms with Crippen LogP contribution in [-0.2, 0) is 0 Å². The van der Waals surface area contributed by atoms with Crippen molar-refractivity contribution in [3.63, 3.8) is 0 Å². The van der Waals surface area contributed by atoms with Gasteiger partial charge in [0.15, 0.2) is 0 Å². The molecule has 0 aromatic heterocycles. The maximum Gasteiger partial charge on any atom is 0.0361 e. The fourth-order valence-electron chi connectivity index (χ4n) is 3.39.